The highest BCUT2D eigenvalue weighted by molar-refractivity contribution is 5.56. The first-order valence-electron chi connectivity index (χ1n) is 4.64. The van der Waals surface area contributed by atoms with Gasteiger partial charge in [-0.2, -0.15) is 0 Å². The van der Waals surface area contributed by atoms with E-state index in [-0.39, 0.29) is 24.7 Å². The van der Waals surface area contributed by atoms with Crippen LogP contribution in [0.25, 0.3) is 0 Å². The van der Waals surface area contributed by atoms with E-state index in [4.69, 9.17) is 20.3 Å². The summed E-state index contributed by atoms with van der Waals surface area (Å²) in [5.41, 5.74) is 5.71. The SMILES string of the molecule is CCOc1cc(OCCO)c(N)cc1F. The molecule has 1 aromatic carbocycles. The number of aliphatic hydroxyl groups is 1. The molecule has 0 aliphatic rings. The highest BCUT2D eigenvalue weighted by Gasteiger charge is 2.09. The van der Waals surface area contributed by atoms with Gasteiger partial charge in [0.2, 0.25) is 0 Å². The summed E-state index contributed by atoms with van der Waals surface area (Å²) < 4.78 is 23.4. The number of halogens is 1. The molecule has 0 saturated carbocycles. The van der Waals surface area contributed by atoms with Crippen molar-refractivity contribution in [2.45, 2.75) is 6.92 Å². The molecule has 3 N–H and O–H groups in total. The van der Waals surface area contributed by atoms with Crippen molar-refractivity contribution in [3.63, 3.8) is 0 Å². The van der Waals surface area contributed by atoms with Crippen LogP contribution in [0, 0.1) is 5.82 Å². The summed E-state index contributed by atoms with van der Waals surface area (Å²) in [7, 11) is 0. The molecule has 0 bridgehead atoms. The number of anilines is 1. The smallest absolute Gasteiger partial charge is 0.167 e. The number of benzene rings is 1. The molecule has 1 rings (SSSR count). The Balaban J connectivity index is 2.90. The van der Waals surface area contributed by atoms with Gasteiger partial charge in [0.15, 0.2) is 11.6 Å². The maximum atomic E-state index is 13.2. The van der Waals surface area contributed by atoms with Crippen LogP contribution in [-0.4, -0.2) is 24.9 Å². The minimum atomic E-state index is -0.523. The molecule has 0 fully saturated rings. The van der Waals surface area contributed by atoms with E-state index in [0.29, 0.717) is 12.4 Å². The highest BCUT2D eigenvalue weighted by Crippen LogP contribution is 2.30. The van der Waals surface area contributed by atoms with Gasteiger partial charge in [-0.25, -0.2) is 4.39 Å². The van der Waals surface area contributed by atoms with E-state index in [1.165, 1.54) is 6.07 Å². The Morgan fingerprint density at radius 1 is 1.33 bits per heavy atom. The summed E-state index contributed by atoms with van der Waals surface area (Å²) in [6.07, 6.45) is 0. The Bertz CT molecular complexity index is 331. The fourth-order valence-corrected chi connectivity index (χ4v) is 1.10. The Labute approximate surface area is 87.4 Å². The molecule has 0 aromatic heterocycles. The standard InChI is InChI=1S/C10H14FNO3/c1-2-14-9-6-10(15-4-3-13)8(12)5-7(9)11/h5-6,13H,2-4,12H2,1H3. The molecule has 4 nitrogen and oxygen atoms in total. The first-order chi connectivity index (χ1) is 7.19. The van der Waals surface area contributed by atoms with Crippen LogP contribution in [0.1, 0.15) is 6.92 Å². The van der Waals surface area contributed by atoms with Crippen molar-refractivity contribution >= 4 is 5.69 Å². The zero-order chi connectivity index (χ0) is 11.3. The van der Waals surface area contributed by atoms with Gasteiger partial charge in [0.25, 0.3) is 0 Å². The zero-order valence-electron chi connectivity index (χ0n) is 8.50. The van der Waals surface area contributed by atoms with Gasteiger partial charge < -0.3 is 20.3 Å². The van der Waals surface area contributed by atoms with Gasteiger partial charge in [-0.3, -0.25) is 0 Å². The third kappa shape index (κ3) is 2.99. The number of nitrogens with two attached hydrogens (primary N) is 1. The average Bonchev–Trinajstić information content (AvgIpc) is 2.20. The van der Waals surface area contributed by atoms with Crippen LogP contribution in [0.5, 0.6) is 11.5 Å². The molecule has 0 amide bonds. The lowest BCUT2D eigenvalue weighted by Crippen LogP contribution is -2.05. The molecule has 0 spiro atoms. The topological polar surface area (TPSA) is 64.7 Å². The van der Waals surface area contributed by atoms with Crippen LogP contribution in [0.2, 0.25) is 0 Å². The summed E-state index contributed by atoms with van der Waals surface area (Å²) in [4.78, 5) is 0. The predicted molar refractivity (Wildman–Crippen MR) is 54.6 cm³/mol. The zero-order valence-corrected chi connectivity index (χ0v) is 8.50. The normalized spacial score (nSPS) is 10.1. The van der Waals surface area contributed by atoms with Crippen LogP contribution < -0.4 is 15.2 Å². The van der Waals surface area contributed by atoms with Crippen molar-refractivity contribution in [3.05, 3.63) is 17.9 Å². The molecule has 0 radical (unpaired) electrons. The first kappa shape index (κ1) is 11.6. The maximum Gasteiger partial charge on any atom is 0.167 e. The van der Waals surface area contributed by atoms with E-state index in [2.05, 4.69) is 0 Å². The number of nitrogen functional groups attached to an aromatic ring is 1. The van der Waals surface area contributed by atoms with Gasteiger partial charge in [-0.15, -0.1) is 0 Å². The Hall–Kier alpha value is -1.49. The van der Waals surface area contributed by atoms with Gasteiger partial charge in [-0.1, -0.05) is 0 Å². The molecule has 0 heterocycles. The first-order valence-corrected chi connectivity index (χ1v) is 4.64. The molecule has 0 atom stereocenters. The van der Waals surface area contributed by atoms with E-state index in [0.717, 1.165) is 6.07 Å². The van der Waals surface area contributed by atoms with Gasteiger partial charge in [0.1, 0.15) is 12.4 Å². The van der Waals surface area contributed by atoms with Crippen molar-refractivity contribution in [2.24, 2.45) is 0 Å². The van der Waals surface area contributed by atoms with E-state index < -0.39 is 5.82 Å². The second-order valence-electron chi connectivity index (χ2n) is 2.83. The molecule has 0 aliphatic carbocycles. The number of ether oxygens (including phenoxy) is 2. The quantitative estimate of drug-likeness (QED) is 0.724. The van der Waals surface area contributed by atoms with Gasteiger partial charge in [-0.05, 0) is 6.92 Å². The molecular weight excluding hydrogens is 201 g/mol. The number of aliphatic hydroxyl groups excluding tert-OH is 1. The molecule has 0 saturated heterocycles. The lowest BCUT2D eigenvalue weighted by Gasteiger charge is -2.11. The highest BCUT2D eigenvalue weighted by atomic mass is 19.1. The van der Waals surface area contributed by atoms with Crippen LogP contribution in [-0.2, 0) is 0 Å². The summed E-state index contributed by atoms with van der Waals surface area (Å²) in [5.74, 6) is -0.112. The van der Waals surface area contributed by atoms with E-state index in [1.807, 2.05) is 0 Å². The summed E-state index contributed by atoms with van der Waals surface area (Å²) in [5, 5.41) is 8.57. The van der Waals surface area contributed by atoms with Gasteiger partial charge in [0.05, 0.1) is 18.9 Å². The minimum Gasteiger partial charge on any atom is -0.491 e. The lowest BCUT2D eigenvalue weighted by molar-refractivity contribution is 0.201. The molecule has 0 unspecified atom stereocenters. The van der Waals surface area contributed by atoms with Crippen LogP contribution in [0.3, 0.4) is 0 Å². The summed E-state index contributed by atoms with van der Waals surface area (Å²) >= 11 is 0. The number of hydrogen-bond donors (Lipinski definition) is 2. The summed E-state index contributed by atoms with van der Waals surface area (Å²) in [6, 6.07) is 2.52. The molecule has 5 heteroatoms. The molecule has 1 aromatic rings. The van der Waals surface area contributed by atoms with Gasteiger partial charge >= 0.3 is 0 Å². The Morgan fingerprint density at radius 3 is 2.67 bits per heavy atom. The van der Waals surface area contributed by atoms with Crippen LogP contribution in [0.15, 0.2) is 12.1 Å². The van der Waals surface area contributed by atoms with E-state index in [9.17, 15) is 4.39 Å². The minimum absolute atomic E-state index is 0.0969. The largest absolute Gasteiger partial charge is 0.491 e. The maximum absolute atomic E-state index is 13.2. The lowest BCUT2D eigenvalue weighted by atomic mass is 10.2. The molecule has 15 heavy (non-hydrogen) atoms. The molecular formula is C10H14FNO3. The van der Waals surface area contributed by atoms with Crippen molar-refractivity contribution < 1.29 is 19.0 Å². The number of hydrogen-bond acceptors (Lipinski definition) is 4. The summed E-state index contributed by atoms with van der Waals surface area (Å²) in [6.45, 7) is 2.10. The fraction of sp³-hybridized carbons (Fsp3) is 0.400. The monoisotopic (exact) mass is 215 g/mol. The van der Waals surface area contributed by atoms with Crippen molar-refractivity contribution in [3.8, 4) is 11.5 Å². The number of rotatable bonds is 5. The average molecular weight is 215 g/mol. The van der Waals surface area contributed by atoms with E-state index >= 15 is 0 Å². The van der Waals surface area contributed by atoms with Crippen molar-refractivity contribution in [1.82, 2.24) is 0 Å². The third-order valence-corrected chi connectivity index (χ3v) is 1.71. The third-order valence-electron chi connectivity index (χ3n) is 1.71. The van der Waals surface area contributed by atoms with Gasteiger partial charge in [0, 0.05) is 12.1 Å². The van der Waals surface area contributed by atoms with Crippen molar-refractivity contribution in [2.75, 3.05) is 25.6 Å². The Morgan fingerprint density at radius 2 is 2.07 bits per heavy atom. The predicted octanol–water partition coefficient (Wildman–Crippen LogP) is 1.18. The fourth-order valence-electron chi connectivity index (χ4n) is 1.10. The van der Waals surface area contributed by atoms with E-state index in [1.54, 1.807) is 6.92 Å². The van der Waals surface area contributed by atoms with Crippen molar-refractivity contribution in [1.29, 1.82) is 0 Å². The second-order valence-corrected chi connectivity index (χ2v) is 2.83. The molecule has 0 aliphatic heterocycles. The second kappa shape index (κ2) is 5.41. The van der Waals surface area contributed by atoms with Crippen LogP contribution >= 0.6 is 0 Å². The molecule has 84 valence electrons. The Kier molecular flexibility index (Phi) is 4.17. The van der Waals surface area contributed by atoms with Crippen LogP contribution in [0.4, 0.5) is 10.1 Å².